The smallest absolute Gasteiger partial charge is 0.194 e. The highest BCUT2D eigenvalue weighted by Crippen LogP contribution is 2.32. The molecule has 0 aliphatic rings. The van der Waals surface area contributed by atoms with Gasteiger partial charge in [-0.25, -0.2) is 0 Å². The molecule has 0 fully saturated rings. The van der Waals surface area contributed by atoms with Crippen molar-refractivity contribution in [2.24, 2.45) is 0 Å². The lowest BCUT2D eigenvalue weighted by molar-refractivity contribution is 0.0989. The van der Waals surface area contributed by atoms with E-state index < -0.39 is 0 Å². The maximum absolute atomic E-state index is 11.2. The number of furan rings is 1. The largest absolute Gasteiger partial charge is 0.490 e. The van der Waals surface area contributed by atoms with Crippen LogP contribution in [0.15, 0.2) is 27.1 Å². The number of ketones is 1. The molecule has 2 rings (SSSR count). The Morgan fingerprint density at radius 1 is 1.44 bits per heavy atom. The summed E-state index contributed by atoms with van der Waals surface area (Å²) < 4.78 is 11.8. The monoisotopic (exact) mass is 282 g/mol. The Balaban J connectivity index is 2.65. The molecule has 0 N–H and O–H groups in total. The Labute approximate surface area is 102 Å². The highest BCUT2D eigenvalue weighted by molar-refractivity contribution is 9.10. The molecule has 0 spiro atoms. The number of Topliss-reactive ketones (excluding diaryl/α,β-unsaturated/α-hetero) is 1. The van der Waals surface area contributed by atoms with Gasteiger partial charge in [0, 0.05) is 16.8 Å². The molecule has 0 saturated carbocycles. The molecule has 0 aliphatic carbocycles. The van der Waals surface area contributed by atoms with Crippen molar-refractivity contribution in [2.45, 2.75) is 13.8 Å². The van der Waals surface area contributed by atoms with Crippen LogP contribution in [0.3, 0.4) is 0 Å². The highest BCUT2D eigenvalue weighted by Gasteiger charge is 2.12. The number of carbonyl (C=O) groups excluding carboxylic acids is 1. The molecule has 2 aromatic rings. The molecule has 0 saturated heterocycles. The minimum absolute atomic E-state index is 0.0882. The second-order valence-corrected chi connectivity index (χ2v) is 4.34. The predicted molar refractivity (Wildman–Crippen MR) is 65.1 cm³/mol. The van der Waals surface area contributed by atoms with Gasteiger partial charge in [0.05, 0.1) is 6.61 Å². The van der Waals surface area contributed by atoms with Crippen LogP contribution < -0.4 is 4.74 Å². The SMILES string of the molecule is CCOc1cc(Br)cc2cc(C(C)=O)oc12. The standard InChI is InChI=1S/C12H11BrO3/c1-3-15-11-6-9(13)4-8-5-10(7(2)14)16-12(8)11/h4-6H,3H2,1-2H3. The zero-order valence-corrected chi connectivity index (χ0v) is 10.6. The van der Waals surface area contributed by atoms with Gasteiger partial charge in [0.15, 0.2) is 22.9 Å². The quantitative estimate of drug-likeness (QED) is 0.804. The fourth-order valence-corrected chi connectivity index (χ4v) is 1.98. The normalized spacial score (nSPS) is 10.7. The molecular weight excluding hydrogens is 272 g/mol. The van der Waals surface area contributed by atoms with Gasteiger partial charge in [0.1, 0.15) is 0 Å². The third-order valence-electron chi connectivity index (χ3n) is 2.19. The van der Waals surface area contributed by atoms with Gasteiger partial charge < -0.3 is 9.15 Å². The van der Waals surface area contributed by atoms with Gasteiger partial charge in [-0.05, 0) is 25.1 Å². The molecule has 0 amide bonds. The van der Waals surface area contributed by atoms with Crippen molar-refractivity contribution in [1.29, 1.82) is 0 Å². The molecular formula is C12H11BrO3. The van der Waals surface area contributed by atoms with Crippen LogP contribution in [0.1, 0.15) is 24.4 Å². The van der Waals surface area contributed by atoms with Gasteiger partial charge in [-0.3, -0.25) is 4.79 Å². The molecule has 0 aliphatic heterocycles. The van der Waals surface area contributed by atoms with E-state index in [1.165, 1.54) is 6.92 Å². The van der Waals surface area contributed by atoms with Crippen molar-refractivity contribution in [3.63, 3.8) is 0 Å². The highest BCUT2D eigenvalue weighted by atomic mass is 79.9. The summed E-state index contributed by atoms with van der Waals surface area (Å²) in [6.07, 6.45) is 0. The lowest BCUT2D eigenvalue weighted by atomic mass is 10.2. The van der Waals surface area contributed by atoms with Crippen molar-refractivity contribution in [3.8, 4) is 5.75 Å². The molecule has 1 heterocycles. The van der Waals surface area contributed by atoms with Gasteiger partial charge >= 0.3 is 0 Å². The summed E-state index contributed by atoms with van der Waals surface area (Å²) in [5.74, 6) is 0.920. The minimum atomic E-state index is -0.0882. The minimum Gasteiger partial charge on any atom is -0.490 e. The van der Waals surface area contributed by atoms with E-state index in [1.807, 2.05) is 19.1 Å². The van der Waals surface area contributed by atoms with Crippen LogP contribution in [-0.2, 0) is 0 Å². The number of benzene rings is 1. The Bertz CT molecular complexity index is 542. The molecule has 3 nitrogen and oxygen atoms in total. The number of fused-ring (bicyclic) bond motifs is 1. The number of carbonyl (C=O) groups is 1. The summed E-state index contributed by atoms with van der Waals surface area (Å²) in [4.78, 5) is 11.2. The summed E-state index contributed by atoms with van der Waals surface area (Å²) >= 11 is 3.39. The first kappa shape index (κ1) is 11.2. The maximum Gasteiger partial charge on any atom is 0.194 e. The van der Waals surface area contributed by atoms with Crippen molar-refractivity contribution >= 4 is 32.7 Å². The molecule has 84 valence electrons. The summed E-state index contributed by atoms with van der Waals surface area (Å²) in [5, 5.41) is 0.864. The van der Waals surface area contributed by atoms with Gasteiger partial charge in [0.25, 0.3) is 0 Å². The van der Waals surface area contributed by atoms with E-state index in [1.54, 1.807) is 6.07 Å². The molecule has 1 aromatic heterocycles. The molecule has 0 bridgehead atoms. The van der Waals surface area contributed by atoms with Crippen LogP contribution in [0, 0.1) is 0 Å². The van der Waals surface area contributed by atoms with Crippen LogP contribution >= 0.6 is 15.9 Å². The van der Waals surface area contributed by atoms with Crippen LogP contribution in [0.25, 0.3) is 11.0 Å². The van der Waals surface area contributed by atoms with Crippen LogP contribution in [-0.4, -0.2) is 12.4 Å². The first-order valence-corrected chi connectivity index (χ1v) is 5.78. The third-order valence-corrected chi connectivity index (χ3v) is 2.65. The fraction of sp³-hybridized carbons (Fsp3) is 0.250. The van der Waals surface area contributed by atoms with Gasteiger partial charge in [-0.15, -0.1) is 0 Å². The zero-order chi connectivity index (χ0) is 11.7. The summed E-state index contributed by atoms with van der Waals surface area (Å²) in [7, 11) is 0. The number of halogens is 1. The second kappa shape index (κ2) is 4.29. The average Bonchev–Trinajstić information content (AvgIpc) is 2.61. The van der Waals surface area contributed by atoms with Crippen molar-refractivity contribution in [2.75, 3.05) is 6.61 Å². The first-order valence-electron chi connectivity index (χ1n) is 4.98. The van der Waals surface area contributed by atoms with E-state index in [0.717, 1.165) is 9.86 Å². The molecule has 0 atom stereocenters. The third kappa shape index (κ3) is 1.97. The average molecular weight is 283 g/mol. The van der Waals surface area contributed by atoms with Gasteiger partial charge in [-0.2, -0.15) is 0 Å². The maximum atomic E-state index is 11.2. The number of hydrogen-bond acceptors (Lipinski definition) is 3. The van der Waals surface area contributed by atoms with E-state index in [2.05, 4.69) is 15.9 Å². The number of ether oxygens (including phenoxy) is 1. The predicted octanol–water partition coefficient (Wildman–Crippen LogP) is 3.80. The van der Waals surface area contributed by atoms with Crippen molar-refractivity contribution in [1.82, 2.24) is 0 Å². The summed E-state index contributed by atoms with van der Waals surface area (Å²) in [5.41, 5.74) is 0.621. The topological polar surface area (TPSA) is 39.4 Å². The van der Waals surface area contributed by atoms with Crippen LogP contribution in [0.4, 0.5) is 0 Å². The van der Waals surface area contributed by atoms with E-state index in [0.29, 0.717) is 23.7 Å². The van der Waals surface area contributed by atoms with E-state index in [4.69, 9.17) is 9.15 Å². The summed E-state index contributed by atoms with van der Waals surface area (Å²) in [6, 6.07) is 5.46. The lowest BCUT2D eigenvalue weighted by Crippen LogP contribution is -1.91. The number of hydrogen-bond donors (Lipinski definition) is 0. The lowest BCUT2D eigenvalue weighted by Gasteiger charge is -2.03. The summed E-state index contributed by atoms with van der Waals surface area (Å²) in [6.45, 7) is 3.94. The van der Waals surface area contributed by atoms with Gasteiger partial charge in [-0.1, -0.05) is 15.9 Å². The van der Waals surface area contributed by atoms with Crippen molar-refractivity contribution < 1.29 is 13.9 Å². The Morgan fingerprint density at radius 3 is 2.81 bits per heavy atom. The zero-order valence-electron chi connectivity index (χ0n) is 9.04. The Kier molecular flexibility index (Phi) is 3.01. The molecule has 16 heavy (non-hydrogen) atoms. The molecule has 0 radical (unpaired) electrons. The van der Waals surface area contributed by atoms with Gasteiger partial charge in [0.2, 0.25) is 0 Å². The first-order chi connectivity index (χ1) is 7.61. The molecule has 0 unspecified atom stereocenters. The van der Waals surface area contributed by atoms with E-state index in [-0.39, 0.29) is 5.78 Å². The van der Waals surface area contributed by atoms with E-state index >= 15 is 0 Å². The number of rotatable bonds is 3. The van der Waals surface area contributed by atoms with E-state index in [9.17, 15) is 4.79 Å². The van der Waals surface area contributed by atoms with Crippen molar-refractivity contribution in [3.05, 3.63) is 28.4 Å². The molecule has 1 aromatic carbocycles. The fourth-order valence-electron chi connectivity index (χ4n) is 1.52. The molecule has 4 heteroatoms. The van der Waals surface area contributed by atoms with Crippen LogP contribution in [0.2, 0.25) is 0 Å². The second-order valence-electron chi connectivity index (χ2n) is 3.42. The Hall–Kier alpha value is -1.29. The Morgan fingerprint density at radius 2 is 2.19 bits per heavy atom. The van der Waals surface area contributed by atoms with Crippen LogP contribution in [0.5, 0.6) is 5.75 Å².